The van der Waals surface area contributed by atoms with Crippen molar-refractivity contribution in [2.75, 3.05) is 39.4 Å². The van der Waals surface area contributed by atoms with Crippen molar-refractivity contribution in [3.63, 3.8) is 0 Å². The molecule has 2 aliphatic heterocycles. The van der Waals surface area contributed by atoms with Crippen LogP contribution in [-0.4, -0.2) is 61.1 Å². The summed E-state index contributed by atoms with van der Waals surface area (Å²) in [7, 11) is 0. The number of rotatable bonds is 2. The van der Waals surface area contributed by atoms with Crippen molar-refractivity contribution >= 4 is 5.91 Å². The van der Waals surface area contributed by atoms with Crippen LogP contribution < -0.4 is 0 Å². The van der Waals surface area contributed by atoms with Crippen LogP contribution in [0.25, 0.3) is 0 Å². The topological polar surface area (TPSA) is 56.6 Å². The second-order valence-corrected chi connectivity index (χ2v) is 6.55. The fourth-order valence-electron chi connectivity index (χ4n) is 3.91. The fraction of sp³-hybridized carbons (Fsp3) is 0.867. The summed E-state index contributed by atoms with van der Waals surface area (Å²) in [5.41, 5.74) is -0.709. The van der Waals surface area contributed by atoms with Gasteiger partial charge in [-0.25, -0.2) is 0 Å². The largest absolute Gasteiger partial charge is 0.379 e. The third-order valence-electron chi connectivity index (χ3n) is 5.03. The summed E-state index contributed by atoms with van der Waals surface area (Å²) in [5.74, 6) is 0.588. The molecule has 0 spiro atoms. The first-order valence-electron chi connectivity index (χ1n) is 7.67. The van der Waals surface area contributed by atoms with Crippen LogP contribution in [0.1, 0.15) is 26.2 Å². The number of amides is 1. The Labute approximate surface area is 120 Å². The van der Waals surface area contributed by atoms with E-state index in [4.69, 9.17) is 4.74 Å². The van der Waals surface area contributed by atoms with Crippen molar-refractivity contribution in [1.29, 1.82) is 5.26 Å². The number of carbonyl (C=O) groups is 1. The summed E-state index contributed by atoms with van der Waals surface area (Å²) in [6.07, 6.45) is 2.50. The molecular formula is C15H23N3O2. The van der Waals surface area contributed by atoms with Crippen molar-refractivity contribution in [3.8, 4) is 6.07 Å². The van der Waals surface area contributed by atoms with Gasteiger partial charge in [-0.2, -0.15) is 5.26 Å². The SMILES string of the molecule is CC1CC(C#N)(C(=O)N2CCC(N3CCOCC3)C2)C1. The molecule has 20 heavy (non-hydrogen) atoms. The summed E-state index contributed by atoms with van der Waals surface area (Å²) in [6.45, 7) is 7.23. The van der Waals surface area contributed by atoms with Crippen molar-refractivity contribution in [2.45, 2.75) is 32.2 Å². The summed E-state index contributed by atoms with van der Waals surface area (Å²) in [6, 6.07) is 2.75. The van der Waals surface area contributed by atoms with Gasteiger partial charge in [0.25, 0.3) is 0 Å². The smallest absolute Gasteiger partial charge is 0.243 e. The quantitative estimate of drug-likeness (QED) is 0.751. The van der Waals surface area contributed by atoms with E-state index in [1.807, 2.05) is 4.90 Å². The Morgan fingerprint density at radius 2 is 2.00 bits per heavy atom. The molecule has 0 radical (unpaired) electrons. The molecule has 5 heteroatoms. The van der Waals surface area contributed by atoms with Gasteiger partial charge in [-0.05, 0) is 25.2 Å². The minimum atomic E-state index is -0.709. The molecule has 110 valence electrons. The summed E-state index contributed by atoms with van der Waals surface area (Å²) >= 11 is 0. The maximum atomic E-state index is 12.6. The second-order valence-electron chi connectivity index (χ2n) is 6.55. The highest BCUT2D eigenvalue weighted by atomic mass is 16.5. The first kappa shape index (κ1) is 13.8. The van der Waals surface area contributed by atoms with E-state index < -0.39 is 5.41 Å². The number of hydrogen-bond acceptors (Lipinski definition) is 4. The first-order valence-corrected chi connectivity index (χ1v) is 7.67. The molecule has 5 nitrogen and oxygen atoms in total. The highest BCUT2D eigenvalue weighted by Gasteiger charge is 2.51. The number of nitrogens with zero attached hydrogens (tertiary/aromatic N) is 3. The van der Waals surface area contributed by atoms with Gasteiger partial charge in [0, 0.05) is 32.2 Å². The van der Waals surface area contributed by atoms with Gasteiger partial charge in [0.1, 0.15) is 5.41 Å². The summed E-state index contributed by atoms with van der Waals surface area (Å²) in [4.78, 5) is 17.0. The Bertz CT molecular complexity index is 419. The van der Waals surface area contributed by atoms with Crippen molar-refractivity contribution in [1.82, 2.24) is 9.80 Å². The van der Waals surface area contributed by atoms with Crippen LogP contribution in [0.2, 0.25) is 0 Å². The average Bonchev–Trinajstić information content (AvgIpc) is 2.93. The number of ether oxygens (including phenoxy) is 1. The third-order valence-corrected chi connectivity index (χ3v) is 5.03. The normalized spacial score (nSPS) is 38.3. The maximum absolute atomic E-state index is 12.6. The molecule has 0 aromatic rings. The molecule has 0 bridgehead atoms. The van der Waals surface area contributed by atoms with Crippen LogP contribution in [0.3, 0.4) is 0 Å². The van der Waals surface area contributed by atoms with Gasteiger partial charge in [0.05, 0.1) is 19.3 Å². The molecule has 3 aliphatic rings. The van der Waals surface area contributed by atoms with Gasteiger partial charge < -0.3 is 9.64 Å². The minimum absolute atomic E-state index is 0.0776. The summed E-state index contributed by atoms with van der Waals surface area (Å²) in [5, 5.41) is 9.38. The summed E-state index contributed by atoms with van der Waals surface area (Å²) < 4.78 is 5.38. The number of morpholine rings is 1. The molecule has 1 saturated carbocycles. The van der Waals surface area contributed by atoms with E-state index in [0.717, 1.165) is 58.7 Å². The van der Waals surface area contributed by atoms with E-state index in [9.17, 15) is 10.1 Å². The Balaban J connectivity index is 1.59. The van der Waals surface area contributed by atoms with Crippen LogP contribution in [0, 0.1) is 22.7 Å². The molecule has 1 aliphatic carbocycles. The average molecular weight is 277 g/mol. The van der Waals surface area contributed by atoms with Crippen LogP contribution in [0.4, 0.5) is 0 Å². The van der Waals surface area contributed by atoms with Crippen LogP contribution in [-0.2, 0) is 9.53 Å². The molecule has 1 unspecified atom stereocenters. The molecule has 3 rings (SSSR count). The van der Waals surface area contributed by atoms with Gasteiger partial charge in [-0.1, -0.05) is 6.92 Å². The molecule has 2 saturated heterocycles. The van der Waals surface area contributed by atoms with Crippen molar-refractivity contribution < 1.29 is 9.53 Å². The van der Waals surface area contributed by atoms with E-state index in [-0.39, 0.29) is 5.91 Å². The molecule has 0 aromatic carbocycles. The predicted molar refractivity (Wildman–Crippen MR) is 73.8 cm³/mol. The number of carbonyl (C=O) groups excluding carboxylic acids is 1. The molecular weight excluding hydrogens is 254 g/mol. The van der Waals surface area contributed by atoms with E-state index in [1.165, 1.54) is 0 Å². The number of nitriles is 1. The second kappa shape index (κ2) is 5.34. The highest BCUT2D eigenvalue weighted by molar-refractivity contribution is 5.86. The Morgan fingerprint density at radius 1 is 1.30 bits per heavy atom. The van der Waals surface area contributed by atoms with E-state index >= 15 is 0 Å². The lowest BCUT2D eigenvalue weighted by atomic mass is 9.63. The standard InChI is InChI=1S/C15H23N3O2/c1-12-8-15(9-12,11-16)14(19)18-3-2-13(10-18)17-4-6-20-7-5-17/h12-13H,2-10H2,1H3. The lowest BCUT2D eigenvalue weighted by molar-refractivity contribution is -0.144. The highest BCUT2D eigenvalue weighted by Crippen LogP contribution is 2.46. The monoisotopic (exact) mass is 277 g/mol. The molecule has 2 heterocycles. The lowest BCUT2D eigenvalue weighted by Crippen LogP contribution is -2.50. The predicted octanol–water partition coefficient (Wildman–Crippen LogP) is 0.859. The maximum Gasteiger partial charge on any atom is 0.243 e. The van der Waals surface area contributed by atoms with E-state index in [0.29, 0.717) is 12.0 Å². The fourth-order valence-corrected chi connectivity index (χ4v) is 3.91. The van der Waals surface area contributed by atoms with Gasteiger partial charge in [0.2, 0.25) is 5.91 Å². The molecule has 3 fully saturated rings. The zero-order chi connectivity index (χ0) is 14.2. The zero-order valence-electron chi connectivity index (χ0n) is 12.2. The lowest BCUT2D eigenvalue weighted by Gasteiger charge is -2.41. The zero-order valence-corrected chi connectivity index (χ0v) is 12.2. The Morgan fingerprint density at radius 3 is 2.60 bits per heavy atom. The molecule has 0 N–H and O–H groups in total. The Kier molecular flexibility index (Phi) is 3.70. The minimum Gasteiger partial charge on any atom is -0.379 e. The first-order chi connectivity index (χ1) is 9.64. The number of hydrogen-bond donors (Lipinski definition) is 0. The van der Waals surface area contributed by atoms with Gasteiger partial charge in [-0.15, -0.1) is 0 Å². The molecule has 1 amide bonds. The van der Waals surface area contributed by atoms with E-state index in [1.54, 1.807) is 0 Å². The van der Waals surface area contributed by atoms with Crippen molar-refractivity contribution in [2.24, 2.45) is 11.3 Å². The third kappa shape index (κ3) is 2.32. The number of likely N-dealkylation sites (tertiary alicyclic amines) is 1. The Hall–Kier alpha value is -1.12. The van der Waals surface area contributed by atoms with Gasteiger partial charge in [0.15, 0.2) is 0 Å². The van der Waals surface area contributed by atoms with Crippen LogP contribution in [0.5, 0.6) is 0 Å². The van der Waals surface area contributed by atoms with Gasteiger partial charge >= 0.3 is 0 Å². The van der Waals surface area contributed by atoms with E-state index in [2.05, 4.69) is 17.9 Å². The van der Waals surface area contributed by atoms with Gasteiger partial charge in [-0.3, -0.25) is 9.69 Å². The molecule has 1 atom stereocenters. The van der Waals surface area contributed by atoms with Crippen LogP contribution in [0.15, 0.2) is 0 Å². The molecule has 0 aromatic heterocycles. The van der Waals surface area contributed by atoms with Crippen molar-refractivity contribution in [3.05, 3.63) is 0 Å². The van der Waals surface area contributed by atoms with Crippen LogP contribution >= 0.6 is 0 Å².